The first-order valence-corrected chi connectivity index (χ1v) is 8.00. The Labute approximate surface area is 141 Å². The molecule has 0 radical (unpaired) electrons. The minimum atomic E-state index is -0.236. The number of aromatic nitrogens is 1. The van der Waals surface area contributed by atoms with Gasteiger partial charge in [0.1, 0.15) is 5.82 Å². The van der Waals surface area contributed by atoms with E-state index in [1.807, 2.05) is 36.4 Å². The van der Waals surface area contributed by atoms with Gasteiger partial charge in [0.25, 0.3) is 0 Å². The number of benzene rings is 2. The maximum Gasteiger partial charge on any atom is 0.218 e. The highest BCUT2D eigenvalue weighted by Crippen LogP contribution is 2.31. The molecule has 0 saturated carbocycles. The summed E-state index contributed by atoms with van der Waals surface area (Å²) in [6.07, 6.45) is 0. The zero-order valence-corrected chi connectivity index (χ0v) is 14.1. The Morgan fingerprint density at radius 3 is 2.58 bits per heavy atom. The van der Waals surface area contributed by atoms with Crippen LogP contribution in [0, 0.1) is 11.7 Å². The second kappa shape index (κ2) is 6.57. The fourth-order valence-electron chi connectivity index (χ4n) is 2.78. The summed E-state index contributed by atoms with van der Waals surface area (Å²) in [5, 5.41) is 1.45. The van der Waals surface area contributed by atoms with Crippen LogP contribution in [0.3, 0.4) is 0 Å². The molecule has 1 atom stereocenters. The molecule has 3 rings (SSSR count). The number of halogens is 1. The van der Waals surface area contributed by atoms with Gasteiger partial charge < -0.3 is 10.5 Å². The van der Waals surface area contributed by atoms with Gasteiger partial charge in [-0.1, -0.05) is 38.1 Å². The van der Waals surface area contributed by atoms with Gasteiger partial charge in [-0.25, -0.2) is 9.37 Å². The molecular weight excluding hydrogens is 303 g/mol. The summed E-state index contributed by atoms with van der Waals surface area (Å²) in [5.41, 5.74) is 8.68. The lowest BCUT2D eigenvalue weighted by Gasteiger charge is -2.19. The summed E-state index contributed by atoms with van der Waals surface area (Å²) in [4.78, 5) is 4.58. The van der Waals surface area contributed by atoms with Crippen molar-refractivity contribution in [1.29, 1.82) is 0 Å². The van der Waals surface area contributed by atoms with Crippen LogP contribution >= 0.6 is 0 Å². The minimum absolute atomic E-state index is 0.143. The molecule has 2 N–H and O–H groups in total. The second-order valence-electron chi connectivity index (χ2n) is 6.24. The molecule has 4 heteroatoms. The van der Waals surface area contributed by atoms with Crippen LogP contribution < -0.4 is 10.5 Å². The van der Waals surface area contributed by atoms with Crippen LogP contribution in [0.2, 0.25) is 0 Å². The fraction of sp³-hybridized carbons (Fsp3) is 0.250. The van der Waals surface area contributed by atoms with Crippen molar-refractivity contribution < 1.29 is 9.13 Å². The largest absolute Gasteiger partial charge is 0.481 e. The molecule has 0 fully saturated rings. The second-order valence-corrected chi connectivity index (χ2v) is 6.24. The third-order valence-corrected chi connectivity index (χ3v) is 4.29. The highest BCUT2D eigenvalue weighted by molar-refractivity contribution is 5.87. The van der Waals surface area contributed by atoms with Crippen LogP contribution in [-0.2, 0) is 0 Å². The Hall–Kier alpha value is -2.46. The molecule has 0 spiro atoms. The number of methoxy groups -OCH3 is 1. The SMILES string of the molecule is COc1nc(-c2ccc3cccc(F)c3c2)ccc1C(N)C(C)C. The van der Waals surface area contributed by atoms with Gasteiger partial charge in [-0.2, -0.15) is 0 Å². The van der Waals surface area contributed by atoms with Crippen LogP contribution in [0.1, 0.15) is 25.5 Å². The zero-order valence-electron chi connectivity index (χ0n) is 14.1. The average Bonchev–Trinajstić information content (AvgIpc) is 2.60. The molecule has 124 valence electrons. The van der Waals surface area contributed by atoms with Gasteiger partial charge in [0.05, 0.1) is 12.8 Å². The Morgan fingerprint density at radius 2 is 1.88 bits per heavy atom. The van der Waals surface area contributed by atoms with E-state index in [9.17, 15) is 4.39 Å². The van der Waals surface area contributed by atoms with E-state index in [0.29, 0.717) is 11.3 Å². The molecule has 0 saturated heterocycles. The molecular formula is C20H21FN2O. The van der Waals surface area contributed by atoms with Crippen molar-refractivity contribution in [2.24, 2.45) is 11.7 Å². The molecule has 24 heavy (non-hydrogen) atoms. The van der Waals surface area contributed by atoms with Crippen molar-refractivity contribution in [3.63, 3.8) is 0 Å². The van der Waals surface area contributed by atoms with E-state index in [2.05, 4.69) is 18.8 Å². The predicted molar refractivity (Wildman–Crippen MR) is 95.5 cm³/mol. The number of ether oxygens (including phenoxy) is 1. The van der Waals surface area contributed by atoms with Crippen LogP contribution in [0.5, 0.6) is 5.88 Å². The molecule has 0 amide bonds. The zero-order chi connectivity index (χ0) is 17.3. The van der Waals surface area contributed by atoms with Crippen LogP contribution in [0.15, 0.2) is 48.5 Å². The van der Waals surface area contributed by atoms with Gasteiger partial charge in [-0.15, -0.1) is 0 Å². The van der Waals surface area contributed by atoms with E-state index in [0.717, 1.165) is 22.2 Å². The van der Waals surface area contributed by atoms with E-state index in [1.54, 1.807) is 13.2 Å². The summed E-state index contributed by atoms with van der Waals surface area (Å²) < 4.78 is 19.4. The Morgan fingerprint density at radius 1 is 1.08 bits per heavy atom. The summed E-state index contributed by atoms with van der Waals surface area (Å²) >= 11 is 0. The molecule has 1 unspecified atom stereocenters. The number of nitrogens with zero attached hydrogens (tertiary/aromatic N) is 1. The predicted octanol–water partition coefficient (Wildman–Crippen LogP) is 4.71. The standard InChI is InChI=1S/C20H21FN2O/c1-12(2)19(22)15-9-10-18(23-20(15)24-3)14-8-7-13-5-4-6-17(21)16(13)11-14/h4-12,19H,22H2,1-3H3. The van der Waals surface area contributed by atoms with Gasteiger partial charge in [0, 0.05) is 22.6 Å². The Kier molecular flexibility index (Phi) is 4.49. The number of nitrogens with two attached hydrogens (primary N) is 1. The van der Waals surface area contributed by atoms with E-state index >= 15 is 0 Å². The van der Waals surface area contributed by atoms with Gasteiger partial charge in [0.2, 0.25) is 5.88 Å². The van der Waals surface area contributed by atoms with Crippen molar-refractivity contribution in [2.45, 2.75) is 19.9 Å². The van der Waals surface area contributed by atoms with Crippen molar-refractivity contribution in [2.75, 3.05) is 7.11 Å². The van der Waals surface area contributed by atoms with Gasteiger partial charge in [0.15, 0.2) is 0 Å². The lowest BCUT2D eigenvalue weighted by Crippen LogP contribution is -2.18. The first kappa shape index (κ1) is 16.4. The molecule has 1 aromatic heterocycles. The summed E-state index contributed by atoms with van der Waals surface area (Å²) in [7, 11) is 1.59. The molecule has 1 heterocycles. The lowest BCUT2D eigenvalue weighted by atomic mass is 9.97. The highest BCUT2D eigenvalue weighted by Gasteiger charge is 2.17. The highest BCUT2D eigenvalue weighted by atomic mass is 19.1. The first-order valence-electron chi connectivity index (χ1n) is 8.00. The number of fused-ring (bicyclic) bond motifs is 1. The number of hydrogen-bond donors (Lipinski definition) is 1. The molecule has 0 aliphatic heterocycles. The molecule has 0 aliphatic carbocycles. The van der Waals surface area contributed by atoms with Crippen LogP contribution in [0.4, 0.5) is 4.39 Å². The van der Waals surface area contributed by atoms with Crippen molar-refractivity contribution in [1.82, 2.24) is 4.98 Å². The van der Waals surface area contributed by atoms with E-state index in [-0.39, 0.29) is 17.8 Å². The number of rotatable bonds is 4. The normalized spacial score (nSPS) is 12.6. The maximum atomic E-state index is 14.0. The monoisotopic (exact) mass is 324 g/mol. The van der Waals surface area contributed by atoms with E-state index < -0.39 is 0 Å². The van der Waals surface area contributed by atoms with Gasteiger partial charge in [-0.3, -0.25) is 0 Å². The quantitative estimate of drug-likeness (QED) is 0.756. The molecule has 0 bridgehead atoms. The Balaban J connectivity index is 2.08. The average molecular weight is 324 g/mol. The molecule has 0 aliphatic rings. The summed E-state index contributed by atoms with van der Waals surface area (Å²) in [6, 6.07) is 14.4. The van der Waals surface area contributed by atoms with Crippen LogP contribution in [0.25, 0.3) is 22.0 Å². The lowest BCUT2D eigenvalue weighted by molar-refractivity contribution is 0.380. The van der Waals surface area contributed by atoms with E-state index in [4.69, 9.17) is 10.5 Å². The fourth-order valence-corrected chi connectivity index (χ4v) is 2.78. The maximum absolute atomic E-state index is 14.0. The van der Waals surface area contributed by atoms with Gasteiger partial charge in [-0.05, 0) is 35.6 Å². The number of pyridine rings is 1. The summed E-state index contributed by atoms with van der Waals surface area (Å²) in [6.45, 7) is 4.12. The number of hydrogen-bond acceptors (Lipinski definition) is 3. The molecule has 2 aromatic carbocycles. The molecule has 3 aromatic rings. The van der Waals surface area contributed by atoms with Crippen molar-refractivity contribution in [3.8, 4) is 17.1 Å². The van der Waals surface area contributed by atoms with Crippen molar-refractivity contribution in [3.05, 3.63) is 59.9 Å². The topological polar surface area (TPSA) is 48.1 Å². The smallest absolute Gasteiger partial charge is 0.218 e. The third kappa shape index (κ3) is 2.97. The van der Waals surface area contributed by atoms with Gasteiger partial charge >= 0.3 is 0 Å². The third-order valence-electron chi connectivity index (χ3n) is 4.29. The molecule has 3 nitrogen and oxygen atoms in total. The summed E-state index contributed by atoms with van der Waals surface area (Å²) in [5.74, 6) is 0.559. The van der Waals surface area contributed by atoms with E-state index in [1.165, 1.54) is 6.07 Å². The van der Waals surface area contributed by atoms with Crippen LogP contribution in [-0.4, -0.2) is 12.1 Å². The minimum Gasteiger partial charge on any atom is -0.481 e. The first-order chi connectivity index (χ1) is 11.5. The van der Waals surface area contributed by atoms with Crippen molar-refractivity contribution >= 4 is 10.8 Å². The Bertz CT molecular complexity index is 877.